The molecule has 0 radical (unpaired) electrons. The molecule has 1 aliphatic heterocycles. The molecule has 0 spiro atoms. The molecule has 23 heavy (non-hydrogen) atoms. The van der Waals surface area contributed by atoms with Gasteiger partial charge in [0.25, 0.3) is 0 Å². The lowest BCUT2D eigenvalue weighted by Crippen LogP contribution is -2.42. The van der Waals surface area contributed by atoms with Crippen molar-refractivity contribution >= 4 is 11.8 Å². The summed E-state index contributed by atoms with van der Waals surface area (Å²) >= 11 is 0. The number of benzene rings is 1. The Labute approximate surface area is 138 Å². The molecule has 0 aromatic heterocycles. The Morgan fingerprint density at radius 1 is 1.39 bits per heavy atom. The maximum Gasteiger partial charge on any atom is 0.410 e. The van der Waals surface area contributed by atoms with Crippen LogP contribution in [0.1, 0.15) is 52.0 Å². The van der Waals surface area contributed by atoms with E-state index in [0.29, 0.717) is 18.8 Å². The molecule has 2 N–H and O–H groups in total. The SMILES string of the molecule is CCOc1cc(N)ccc1C1CCCN(C(=O)OC(C)(C)C)C1. The zero-order valence-electron chi connectivity index (χ0n) is 14.6. The van der Waals surface area contributed by atoms with E-state index in [1.807, 2.05) is 45.9 Å². The fourth-order valence-electron chi connectivity index (χ4n) is 2.89. The number of hydrogen-bond donors (Lipinski definition) is 1. The first-order valence-electron chi connectivity index (χ1n) is 8.30. The summed E-state index contributed by atoms with van der Waals surface area (Å²) in [7, 11) is 0. The predicted octanol–water partition coefficient (Wildman–Crippen LogP) is 3.78. The summed E-state index contributed by atoms with van der Waals surface area (Å²) in [5.41, 5.74) is 7.21. The van der Waals surface area contributed by atoms with E-state index in [1.165, 1.54) is 0 Å². The average Bonchev–Trinajstić information content (AvgIpc) is 2.46. The van der Waals surface area contributed by atoms with Crippen molar-refractivity contribution in [3.8, 4) is 5.75 Å². The molecular formula is C18H28N2O3. The summed E-state index contributed by atoms with van der Waals surface area (Å²) in [6.45, 7) is 9.61. The van der Waals surface area contributed by atoms with Gasteiger partial charge in [-0.2, -0.15) is 0 Å². The van der Waals surface area contributed by atoms with Crippen LogP contribution in [0.3, 0.4) is 0 Å². The Hall–Kier alpha value is -1.91. The Morgan fingerprint density at radius 2 is 2.13 bits per heavy atom. The van der Waals surface area contributed by atoms with Crippen molar-refractivity contribution in [1.29, 1.82) is 0 Å². The summed E-state index contributed by atoms with van der Waals surface area (Å²) in [6, 6.07) is 5.78. The molecule has 1 unspecified atom stereocenters. The molecule has 5 nitrogen and oxygen atoms in total. The van der Waals surface area contributed by atoms with E-state index in [4.69, 9.17) is 15.2 Å². The first kappa shape index (κ1) is 17.4. The summed E-state index contributed by atoms with van der Waals surface area (Å²) in [4.78, 5) is 14.1. The molecule has 1 aliphatic rings. The van der Waals surface area contributed by atoms with Gasteiger partial charge in [-0.25, -0.2) is 4.79 Å². The lowest BCUT2D eigenvalue weighted by atomic mass is 9.90. The smallest absolute Gasteiger partial charge is 0.410 e. The molecule has 0 aliphatic carbocycles. The second-order valence-electron chi connectivity index (χ2n) is 7.00. The Bertz CT molecular complexity index is 552. The van der Waals surface area contributed by atoms with Crippen LogP contribution in [0.15, 0.2) is 18.2 Å². The molecule has 1 saturated heterocycles. The monoisotopic (exact) mass is 320 g/mol. The number of nitrogens with zero attached hydrogens (tertiary/aromatic N) is 1. The van der Waals surface area contributed by atoms with E-state index in [1.54, 1.807) is 4.90 Å². The van der Waals surface area contributed by atoms with Gasteiger partial charge in [-0.15, -0.1) is 0 Å². The molecule has 0 bridgehead atoms. The number of nitrogen functional groups attached to an aromatic ring is 1. The maximum atomic E-state index is 12.3. The van der Waals surface area contributed by atoms with Crippen LogP contribution < -0.4 is 10.5 Å². The van der Waals surface area contributed by atoms with Gasteiger partial charge in [0.2, 0.25) is 0 Å². The second-order valence-corrected chi connectivity index (χ2v) is 7.00. The van der Waals surface area contributed by atoms with Crippen molar-refractivity contribution in [2.75, 3.05) is 25.4 Å². The van der Waals surface area contributed by atoms with Crippen molar-refractivity contribution in [1.82, 2.24) is 4.90 Å². The molecule has 1 aromatic rings. The number of anilines is 1. The summed E-state index contributed by atoms with van der Waals surface area (Å²) in [6.07, 6.45) is 1.75. The molecule has 0 saturated carbocycles. The minimum atomic E-state index is -0.471. The molecule has 2 rings (SSSR count). The molecule has 1 amide bonds. The number of rotatable bonds is 3. The number of hydrogen-bond acceptors (Lipinski definition) is 4. The fraction of sp³-hybridized carbons (Fsp3) is 0.611. The van der Waals surface area contributed by atoms with E-state index >= 15 is 0 Å². The number of carbonyl (C=O) groups excluding carboxylic acids is 1. The molecule has 1 atom stereocenters. The van der Waals surface area contributed by atoms with Crippen LogP contribution in [0.25, 0.3) is 0 Å². The first-order valence-corrected chi connectivity index (χ1v) is 8.30. The van der Waals surface area contributed by atoms with Crippen LogP contribution in [-0.2, 0) is 4.74 Å². The zero-order valence-corrected chi connectivity index (χ0v) is 14.6. The van der Waals surface area contributed by atoms with Gasteiger partial charge < -0.3 is 20.1 Å². The van der Waals surface area contributed by atoms with Crippen molar-refractivity contribution in [2.24, 2.45) is 0 Å². The summed E-state index contributed by atoms with van der Waals surface area (Å²) in [5.74, 6) is 1.07. The van der Waals surface area contributed by atoms with E-state index in [9.17, 15) is 4.79 Å². The molecule has 1 heterocycles. The van der Waals surface area contributed by atoms with Gasteiger partial charge in [0.1, 0.15) is 11.4 Å². The van der Waals surface area contributed by atoms with Crippen LogP contribution in [0.4, 0.5) is 10.5 Å². The summed E-state index contributed by atoms with van der Waals surface area (Å²) < 4.78 is 11.2. The highest BCUT2D eigenvalue weighted by Crippen LogP contribution is 2.35. The number of likely N-dealkylation sites (tertiary alicyclic amines) is 1. The third-order valence-corrected chi connectivity index (χ3v) is 3.85. The average molecular weight is 320 g/mol. The zero-order chi connectivity index (χ0) is 17.0. The molecule has 128 valence electrons. The van der Waals surface area contributed by atoms with Crippen molar-refractivity contribution in [3.63, 3.8) is 0 Å². The highest BCUT2D eigenvalue weighted by Gasteiger charge is 2.29. The maximum absolute atomic E-state index is 12.3. The standard InChI is InChI=1S/C18H28N2O3/c1-5-22-16-11-14(19)8-9-15(16)13-7-6-10-20(12-13)17(21)23-18(2,3)4/h8-9,11,13H,5-7,10,12,19H2,1-4H3. The van der Waals surface area contributed by atoms with E-state index in [0.717, 1.165) is 30.7 Å². The number of amides is 1. The van der Waals surface area contributed by atoms with Crippen LogP contribution in [0.5, 0.6) is 5.75 Å². The molecule has 5 heteroatoms. The van der Waals surface area contributed by atoms with Gasteiger partial charge in [-0.3, -0.25) is 0 Å². The highest BCUT2D eigenvalue weighted by atomic mass is 16.6. The lowest BCUT2D eigenvalue weighted by Gasteiger charge is -2.34. The quantitative estimate of drug-likeness (QED) is 0.861. The van der Waals surface area contributed by atoms with Crippen LogP contribution >= 0.6 is 0 Å². The number of carbonyl (C=O) groups is 1. The Morgan fingerprint density at radius 3 is 2.78 bits per heavy atom. The highest BCUT2D eigenvalue weighted by molar-refractivity contribution is 5.68. The number of piperidine rings is 1. The third kappa shape index (κ3) is 4.78. The number of ether oxygens (including phenoxy) is 2. The normalized spacial score (nSPS) is 18.6. The Balaban J connectivity index is 2.13. The van der Waals surface area contributed by atoms with Crippen molar-refractivity contribution < 1.29 is 14.3 Å². The lowest BCUT2D eigenvalue weighted by molar-refractivity contribution is 0.0197. The second kappa shape index (κ2) is 7.11. The van der Waals surface area contributed by atoms with E-state index in [-0.39, 0.29) is 12.0 Å². The van der Waals surface area contributed by atoms with Crippen LogP contribution in [0.2, 0.25) is 0 Å². The van der Waals surface area contributed by atoms with Crippen molar-refractivity contribution in [2.45, 2.75) is 52.1 Å². The van der Waals surface area contributed by atoms with Gasteiger partial charge in [-0.05, 0) is 52.2 Å². The number of nitrogens with two attached hydrogens (primary N) is 1. The molecular weight excluding hydrogens is 292 g/mol. The van der Waals surface area contributed by atoms with Gasteiger partial charge >= 0.3 is 6.09 Å². The largest absolute Gasteiger partial charge is 0.494 e. The van der Waals surface area contributed by atoms with Gasteiger partial charge in [0, 0.05) is 30.8 Å². The van der Waals surface area contributed by atoms with Gasteiger partial charge in [-0.1, -0.05) is 6.07 Å². The van der Waals surface area contributed by atoms with E-state index in [2.05, 4.69) is 0 Å². The molecule has 1 aromatic carbocycles. The first-order chi connectivity index (χ1) is 10.8. The van der Waals surface area contributed by atoms with Crippen molar-refractivity contribution in [3.05, 3.63) is 23.8 Å². The fourth-order valence-corrected chi connectivity index (χ4v) is 2.89. The molecule has 1 fully saturated rings. The van der Waals surface area contributed by atoms with Crippen LogP contribution in [0, 0.1) is 0 Å². The predicted molar refractivity (Wildman–Crippen MR) is 91.8 cm³/mol. The Kier molecular flexibility index (Phi) is 5.39. The summed E-state index contributed by atoms with van der Waals surface area (Å²) in [5, 5.41) is 0. The van der Waals surface area contributed by atoms with Gasteiger partial charge in [0.15, 0.2) is 0 Å². The topological polar surface area (TPSA) is 64.8 Å². The third-order valence-electron chi connectivity index (χ3n) is 3.85. The van der Waals surface area contributed by atoms with Crippen LogP contribution in [-0.4, -0.2) is 36.3 Å². The van der Waals surface area contributed by atoms with Gasteiger partial charge in [0.05, 0.1) is 6.61 Å². The van der Waals surface area contributed by atoms with E-state index < -0.39 is 5.60 Å². The minimum absolute atomic E-state index is 0.240. The minimum Gasteiger partial charge on any atom is -0.494 e.